The van der Waals surface area contributed by atoms with Crippen molar-refractivity contribution < 1.29 is 13.9 Å². The largest absolute Gasteiger partial charge is 0.428 e. The van der Waals surface area contributed by atoms with Crippen molar-refractivity contribution in [3.63, 3.8) is 0 Å². The number of nitrogens with zero attached hydrogens (tertiary/aromatic N) is 2. The van der Waals surface area contributed by atoms with Gasteiger partial charge in [-0.25, -0.2) is 9.37 Å². The summed E-state index contributed by atoms with van der Waals surface area (Å²) >= 11 is 3.28. The van der Waals surface area contributed by atoms with Crippen LogP contribution < -0.4 is 4.74 Å². The molecule has 0 radical (unpaired) electrons. The van der Waals surface area contributed by atoms with Crippen LogP contribution in [0, 0.1) is 17.7 Å². The number of carbonyl (C=O) groups excluding carboxylic acids is 1. The molecule has 0 saturated heterocycles. The van der Waals surface area contributed by atoms with Crippen LogP contribution in [-0.4, -0.2) is 16.0 Å². The zero-order valence-corrected chi connectivity index (χ0v) is 14.9. The van der Waals surface area contributed by atoms with Gasteiger partial charge in [0, 0.05) is 17.5 Å². The van der Waals surface area contributed by atoms with Gasteiger partial charge in [0.15, 0.2) is 0 Å². The Labute approximate surface area is 151 Å². The van der Waals surface area contributed by atoms with E-state index in [1.807, 2.05) is 18.2 Å². The van der Waals surface area contributed by atoms with Crippen molar-refractivity contribution >= 4 is 33.4 Å². The van der Waals surface area contributed by atoms with Gasteiger partial charge in [0.1, 0.15) is 17.4 Å². The van der Waals surface area contributed by atoms with Gasteiger partial charge in [0.05, 0.1) is 21.5 Å². The number of para-hydroxylation sites is 1. The number of benzene rings is 2. The standard InChI is InChI=1S/C19H14BrFN2O2/c1-9-16-17(9)19-22-13-7-12(21)11(20)6-14(13)23(19)18(16)10-4-2-3-5-15(10)25-8-24/h2-9,16-18H,1H3. The monoisotopic (exact) mass is 400 g/mol. The van der Waals surface area contributed by atoms with E-state index in [1.165, 1.54) is 6.07 Å². The first-order chi connectivity index (χ1) is 12.1. The van der Waals surface area contributed by atoms with Gasteiger partial charge in [-0.3, -0.25) is 4.79 Å². The van der Waals surface area contributed by atoms with Crippen LogP contribution in [0.3, 0.4) is 0 Å². The molecule has 2 aliphatic rings. The highest BCUT2D eigenvalue weighted by Gasteiger charge is 2.61. The van der Waals surface area contributed by atoms with Crippen molar-refractivity contribution in [2.24, 2.45) is 11.8 Å². The lowest BCUT2D eigenvalue weighted by atomic mass is 10.00. The number of aromatic nitrogens is 2. The number of ether oxygens (including phenoxy) is 1. The molecule has 1 fully saturated rings. The maximum absolute atomic E-state index is 13.9. The van der Waals surface area contributed by atoms with E-state index in [4.69, 9.17) is 9.72 Å². The lowest BCUT2D eigenvalue weighted by Gasteiger charge is -2.21. The van der Waals surface area contributed by atoms with Crippen LogP contribution >= 0.6 is 15.9 Å². The van der Waals surface area contributed by atoms with Crippen molar-refractivity contribution in [1.29, 1.82) is 0 Å². The van der Waals surface area contributed by atoms with E-state index in [1.54, 1.807) is 12.1 Å². The Kier molecular flexibility index (Phi) is 3.10. The maximum Gasteiger partial charge on any atom is 0.298 e. The normalized spacial score (nSPS) is 26.4. The minimum atomic E-state index is -0.314. The van der Waals surface area contributed by atoms with Crippen LogP contribution in [0.1, 0.15) is 30.3 Å². The Morgan fingerprint density at radius 2 is 2.12 bits per heavy atom. The Bertz CT molecular complexity index is 1030. The summed E-state index contributed by atoms with van der Waals surface area (Å²) in [6.45, 7) is 2.67. The Morgan fingerprint density at radius 1 is 1.32 bits per heavy atom. The Balaban J connectivity index is 1.76. The lowest BCUT2D eigenvalue weighted by molar-refractivity contribution is -0.120. The van der Waals surface area contributed by atoms with Crippen molar-refractivity contribution in [3.8, 4) is 5.75 Å². The summed E-state index contributed by atoms with van der Waals surface area (Å²) < 4.78 is 21.7. The molecule has 2 heterocycles. The zero-order chi connectivity index (χ0) is 17.3. The third-order valence-corrected chi connectivity index (χ3v) is 6.17. The molecular weight excluding hydrogens is 387 g/mol. The van der Waals surface area contributed by atoms with Crippen molar-refractivity contribution in [2.45, 2.75) is 18.9 Å². The SMILES string of the molecule is CC1C2c3nc4cc(F)c(Br)cc4n3C(c3ccccc3OC=O)C12. The summed E-state index contributed by atoms with van der Waals surface area (Å²) in [5, 5.41) is 0. The van der Waals surface area contributed by atoms with Crippen molar-refractivity contribution in [2.75, 3.05) is 0 Å². The molecule has 1 saturated carbocycles. The number of fused-ring (bicyclic) bond motifs is 5. The highest BCUT2D eigenvalue weighted by atomic mass is 79.9. The third kappa shape index (κ3) is 1.97. The summed E-state index contributed by atoms with van der Waals surface area (Å²) in [5.74, 6) is 2.54. The number of rotatable bonds is 3. The van der Waals surface area contributed by atoms with E-state index in [0.717, 1.165) is 16.9 Å². The van der Waals surface area contributed by atoms with E-state index in [-0.39, 0.29) is 11.9 Å². The summed E-state index contributed by atoms with van der Waals surface area (Å²) in [4.78, 5) is 15.6. The molecule has 4 unspecified atom stereocenters. The molecule has 25 heavy (non-hydrogen) atoms. The van der Waals surface area contributed by atoms with Gasteiger partial charge in [-0.2, -0.15) is 0 Å². The second kappa shape index (κ2) is 5.14. The predicted octanol–water partition coefficient (Wildman–Crippen LogP) is 4.43. The number of hydrogen-bond acceptors (Lipinski definition) is 3. The zero-order valence-electron chi connectivity index (χ0n) is 13.3. The molecule has 0 bridgehead atoms. The number of halogens is 2. The highest BCUT2D eigenvalue weighted by molar-refractivity contribution is 9.10. The van der Waals surface area contributed by atoms with Gasteiger partial charge in [-0.1, -0.05) is 25.1 Å². The van der Waals surface area contributed by atoms with Crippen LogP contribution in [-0.2, 0) is 4.79 Å². The minimum Gasteiger partial charge on any atom is -0.428 e. The molecule has 2 aromatic carbocycles. The molecule has 126 valence electrons. The molecular formula is C19H14BrFN2O2. The van der Waals surface area contributed by atoms with Crippen molar-refractivity contribution in [1.82, 2.24) is 9.55 Å². The molecule has 1 aromatic heterocycles. The van der Waals surface area contributed by atoms with Gasteiger partial charge < -0.3 is 9.30 Å². The first kappa shape index (κ1) is 15.1. The van der Waals surface area contributed by atoms with Gasteiger partial charge in [0.25, 0.3) is 6.47 Å². The van der Waals surface area contributed by atoms with Gasteiger partial charge in [0.2, 0.25) is 0 Å². The van der Waals surface area contributed by atoms with E-state index < -0.39 is 0 Å². The van der Waals surface area contributed by atoms with Crippen LogP contribution in [0.25, 0.3) is 11.0 Å². The fourth-order valence-electron chi connectivity index (χ4n) is 4.42. The highest BCUT2D eigenvalue weighted by Crippen LogP contribution is 2.66. The molecule has 3 aromatic rings. The molecule has 0 N–H and O–H groups in total. The predicted molar refractivity (Wildman–Crippen MR) is 94.1 cm³/mol. The quantitative estimate of drug-likeness (QED) is 0.611. The molecule has 0 amide bonds. The average molecular weight is 401 g/mol. The van der Waals surface area contributed by atoms with E-state index in [9.17, 15) is 9.18 Å². The Hall–Kier alpha value is -2.21. The number of carbonyl (C=O) groups is 1. The molecule has 5 rings (SSSR count). The summed E-state index contributed by atoms with van der Waals surface area (Å²) in [6.07, 6.45) is 0. The Morgan fingerprint density at radius 3 is 2.92 bits per heavy atom. The smallest absolute Gasteiger partial charge is 0.298 e. The fourth-order valence-corrected chi connectivity index (χ4v) is 4.76. The summed E-state index contributed by atoms with van der Waals surface area (Å²) in [6, 6.07) is 10.9. The van der Waals surface area contributed by atoms with Crippen LogP contribution in [0.15, 0.2) is 40.9 Å². The van der Waals surface area contributed by atoms with E-state index >= 15 is 0 Å². The molecule has 0 spiro atoms. The molecule has 4 nitrogen and oxygen atoms in total. The van der Waals surface area contributed by atoms with Crippen LogP contribution in [0.5, 0.6) is 5.75 Å². The molecule has 6 heteroatoms. The molecule has 4 atom stereocenters. The summed E-state index contributed by atoms with van der Waals surface area (Å²) in [7, 11) is 0. The first-order valence-corrected chi connectivity index (χ1v) is 8.97. The maximum atomic E-state index is 13.9. The van der Waals surface area contributed by atoms with Crippen molar-refractivity contribution in [3.05, 3.63) is 58.1 Å². The van der Waals surface area contributed by atoms with Gasteiger partial charge >= 0.3 is 0 Å². The second-order valence-electron chi connectivity index (χ2n) is 6.75. The van der Waals surface area contributed by atoms with E-state index in [2.05, 4.69) is 27.4 Å². The van der Waals surface area contributed by atoms with Gasteiger partial charge in [-0.15, -0.1) is 0 Å². The van der Waals surface area contributed by atoms with Crippen LogP contribution in [0.4, 0.5) is 4.39 Å². The number of hydrogen-bond donors (Lipinski definition) is 0. The van der Waals surface area contributed by atoms with Gasteiger partial charge in [-0.05, 0) is 39.9 Å². The van der Waals surface area contributed by atoms with E-state index in [0.29, 0.717) is 40.0 Å². The third-order valence-electron chi connectivity index (χ3n) is 5.56. The lowest BCUT2D eigenvalue weighted by Crippen LogP contribution is -2.13. The minimum absolute atomic E-state index is 0.0357. The van der Waals surface area contributed by atoms with Crippen LogP contribution in [0.2, 0.25) is 0 Å². The second-order valence-corrected chi connectivity index (χ2v) is 7.61. The summed E-state index contributed by atoms with van der Waals surface area (Å²) in [5.41, 5.74) is 2.52. The first-order valence-electron chi connectivity index (χ1n) is 8.18. The average Bonchev–Trinajstić information content (AvgIpc) is 2.96. The molecule has 1 aliphatic carbocycles. The molecule has 1 aliphatic heterocycles. The topological polar surface area (TPSA) is 44.1 Å². The number of imidazole rings is 1. The fraction of sp³-hybridized carbons (Fsp3) is 0.263.